The number of rotatable bonds is 6. The third-order valence-corrected chi connectivity index (χ3v) is 7.79. The quantitative estimate of drug-likeness (QED) is 0.509. The first-order valence-electron chi connectivity index (χ1n) is 12.8. The largest absolute Gasteiger partial charge is 0.377 e. The van der Waals surface area contributed by atoms with Gasteiger partial charge in [0.15, 0.2) is 0 Å². The highest BCUT2D eigenvalue weighted by molar-refractivity contribution is 5.90. The van der Waals surface area contributed by atoms with Crippen molar-refractivity contribution in [2.24, 2.45) is 5.92 Å². The molecule has 2 heterocycles. The first-order valence-corrected chi connectivity index (χ1v) is 12.8. The number of aromatic nitrogens is 2. The van der Waals surface area contributed by atoms with Gasteiger partial charge in [-0.1, -0.05) is 35.9 Å². The highest BCUT2D eigenvalue weighted by Gasteiger charge is 2.33. The summed E-state index contributed by atoms with van der Waals surface area (Å²) in [4.78, 5) is 24.3. The predicted octanol–water partition coefficient (Wildman–Crippen LogP) is 5.55. The van der Waals surface area contributed by atoms with E-state index in [1.165, 1.54) is 16.7 Å². The van der Waals surface area contributed by atoms with Gasteiger partial charge in [0.2, 0.25) is 5.91 Å². The molecule has 1 aliphatic carbocycles. The van der Waals surface area contributed by atoms with E-state index in [1.807, 2.05) is 18.9 Å². The molecule has 3 aromatic rings. The summed E-state index contributed by atoms with van der Waals surface area (Å²) in [5.74, 6) is 2.54. The maximum Gasteiger partial charge on any atom is 0.225 e. The molecule has 1 saturated carbocycles. The Hall–Kier alpha value is -2.99. The van der Waals surface area contributed by atoms with Crippen molar-refractivity contribution >= 4 is 22.6 Å². The molecule has 0 bridgehead atoms. The van der Waals surface area contributed by atoms with Crippen LogP contribution >= 0.6 is 0 Å². The summed E-state index contributed by atoms with van der Waals surface area (Å²) in [5, 5.41) is 4.71. The van der Waals surface area contributed by atoms with Crippen molar-refractivity contribution < 1.29 is 9.53 Å². The van der Waals surface area contributed by atoms with E-state index >= 15 is 0 Å². The minimum absolute atomic E-state index is 0.135. The third kappa shape index (κ3) is 5.03. The zero-order valence-electron chi connectivity index (χ0n) is 21.3. The summed E-state index contributed by atoms with van der Waals surface area (Å²) >= 11 is 0. The molecular weight excluding hydrogens is 436 g/mol. The molecule has 184 valence electrons. The van der Waals surface area contributed by atoms with E-state index in [2.05, 4.69) is 66.6 Å². The number of benzene rings is 2. The standard InChI is InChI=1S/C29H36N4O2/c1-18-6-5-7-23(14-18)19(2)30-28-26-15-24(12-13-27(26)31-20(3)32-28)21-8-10-22(11-9-21)29(34)33(4)25-16-35-17-25/h5-7,12-15,19,21-22,25H,8-11,16-17H2,1-4H3,(H,30,31,32)/t19-,21?,22?/m0/s1. The van der Waals surface area contributed by atoms with Crippen LogP contribution in [0.4, 0.5) is 5.82 Å². The van der Waals surface area contributed by atoms with Crippen LogP contribution in [0.25, 0.3) is 10.9 Å². The van der Waals surface area contributed by atoms with Crippen molar-refractivity contribution in [1.29, 1.82) is 0 Å². The number of likely N-dealkylation sites (N-methyl/N-ethyl adjacent to an activating group) is 1. The van der Waals surface area contributed by atoms with Crippen molar-refractivity contribution in [1.82, 2.24) is 14.9 Å². The highest BCUT2D eigenvalue weighted by Crippen LogP contribution is 2.38. The van der Waals surface area contributed by atoms with E-state index in [9.17, 15) is 4.79 Å². The molecule has 6 nitrogen and oxygen atoms in total. The fraction of sp³-hybridized carbons (Fsp3) is 0.483. The normalized spacial score (nSPS) is 21.4. The van der Waals surface area contributed by atoms with E-state index in [4.69, 9.17) is 9.72 Å². The van der Waals surface area contributed by atoms with Crippen LogP contribution in [0.2, 0.25) is 0 Å². The summed E-state index contributed by atoms with van der Waals surface area (Å²) < 4.78 is 5.27. The van der Waals surface area contributed by atoms with Gasteiger partial charge >= 0.3 is 0 Å². The number of ether oxygens (including phenoxy) is 1. The van der Waals surface area contributed by atoms with Crippen molar-refractivity contribution in [2.75, 3.05) is 25.6 Å². The van der Waals surface area contributed by atoms with Gasteiger partial charge in [-0.05, 0) is 75.6 Å². The number of carbonyl (C=O) groups excluding carboxylic acids is 1. The Morgan fingerprint density at radius 1 is 1.06 bits per heavy atom. The first-order chi connectivity index (χ1) is 16.9. The van der Waals surface area contributed by atoms with Gasteiger partial charge in [0.05, 0.1) is 24.8 Å². The molecular formula is C29H36N4O2. The molecule has 1 N–H and O–H groups in total. The number of aryl methyl sites for hydroxylation is 2. The number of nitrogens with zero attached hydrogens (tertiary/aromatic N) is 3. The van der Waals surface area contributed by atoms with Crippen molar-refractivity contribution in [3.63, 3.8) is 0 Å². The molecule has 2 aliphatic rings. The molecule has 1 aromatic heterocycles. The third-order valence-electron chi connectivity index (χ3n) is 7.79. The second kappa shape index (κ2) is 9.94. The number of fused-ring (bicyclic) bond motifs is 1. The number of hydrogen-bond acceptors (Lipinski definition) is 5. The fourth-order valence-electron chi connectivity index (χ4n) is 5.44. The van der Waals surface area contributed by atoms with Gasteiger partial charge in [0.25, 0.3) is 0 Å². The molecule has 35 heavy (non-hydrogen) atoms. The lowest BCUT2D eigenvalue weighted by Gasteiger charge is -2.38. The van der Waals surface area contributed by atoms with E-state index in [0.717, 1.165) is 48.2 Å². The minimum Gasteiger partial charge on any atom is -0.377 e. The molecule has 2 fully saturated rings. The Bertz CT molecular complexity index is 1210. The lowest BCUT2D eigenvalue weighted by Crippen LogP contribution is -2.51. The maximum atomic E-state index is 12.9. The van der Waals surface area contributed by atoms with E-state index < -0.39 is 0 Å². The molecule has 1 amide bonds. The second-order valence-electron chi connectivity index (χ2n) is 10.4. The number of hydrogen-bond donors (Lipinski definition) is 1. The van der Waals surface area contributed by atoms with Crippen LogP contribution in [0.15, 0.2) is 42.5 Å². The molecule has 0 spiro atoms. The molecule has 2 aromatic carbocycles. The molecule has 1 saturated heterocycles. The molecule has 0 unspecified atom stereocenters. The van der Waals surface area contributed by atoms with Gasteiger partial charge in [-0.2, -0.15) is 0 Å². The number of anilines is 1. The van der Waals surface area contributed by atoms with Crippen molar-refractivity contribution in [3.8, 4) is 0 Å². The van der Waals surface area contributed by atoms with Gasteiger partial charge < -0.3 is 15.0 Å². The van der Waals surface area contributed by atoms with E-state index in [0.29, 0.717) is 19.1 Å². The molecule has 6 heteroatoms. The summed E-state index contributed by atoms with van der Waals surface area (Å²) in [6.07, 6.45) is 3.96. The van der Waals surface area contributed by atoms with Crippen molar-refractivity contribution in [2.45, 2.75) is 64.5 Å². The van der Waals surface area contributed by atoms with Crippen LogP contribution in [0, 0.1) is 19.8 Å². The summed E-state index contributed by atoms with van der Waals surface area (Å²) in [6, 6.07) is 15.6. The molecule has 1 atom stereocenters. The van der Waals surface area contributed by atoms with Gasteiger partial charge in [0.1, 0.15) is 11.6 Å². The van der Waals surface area contributed by atoms with E-state index in [1.54, 1.807) is 0 Å². The molecule has 0 radical (unpaired) electrons. The number of carbonyl (C=O) groups is 1. The zero-order valence-corrected chi connectivity index (χ0v) is 21.3. The van der Waals surface area contributed by atoms with Crippen LogP contribution in [-0.4, -0.2) is 47.1 Å². The zero-order chi connectivity index (χ0) is 24.5. The Balaban J connectivity index is 1.32. The van der Waals surface area contributed by atoms with Gasteiger partial charge in [-0.15, -0.1) is 0 Å². The summed E-state index contributed by atoms with van der Waals surface area (Å²) in [5.41, 5.74) is 4.78. The number of amides is 1. The average molecular weight is 473 g/mol. The minimum atomic E-state index is 0.135. The second-order valence-corrected chi connectivity index (χ2v) is 10.4. The lowest BCUT2D eigenvalue weighted by atomic mass is 9.78. The van der Waals surface area contributed by atoms with Gasteiger partial charge in [-0.3, -0.25) is 4.79 Å². The van der Waals surface area contributed by atoms with Gasteiger partial charge in [-0.25, -0.2) is 9.97 Å². The topological polar surface area (TPSA) is 67.4 Å². The highest BCUT2D eigenvalue weighted by atomic mass is 16.5. The monoisotopic (exact) mass is 472 g/mol. The molecule has 5 rings (SSSR count). The average Bonchev–Trinajstić information content (AvgIpc) is 2.82. The first kappa shape index (κ1) is 23.7. The van der Waals surface area contributed by atoms with Crippen LogP contribution in [0.5, 0.6) is 0 Å². The van der Waals surface area contributed by atoms with Crippen LogP contribution in [0.3, 0.4) is 0 Å². The van der Waals surface area contributed by atoms with Crippen LogP contribution < -0.4 is 5.32 Å². The Morgan fingerprint density at radius 3 is 2.51 bits per heavy atom. The molecule has 1 aliphatic heterocycles. The summed E-state index contributed by atoms with van der Waals surface area (Å²) in [6.45, 7) is 7.59. The Kier molecular flexibility index (Phi) is 6.74. The fourth-order valence-corrected chi connectivity index (χ4v) is 5.44. The maximum absolute atomic E-state index is 12.9. The van der Waals surface area contributed by atoms with Gasteiger partial charge in [0, 0.05) is 24.4 Å². The van der Waals surface area contributed by atoms with Crippen LogP contribution in [-0.2, 0) is 9.53 Å². The summed E-state index contributed by atoms with van der Waals surface area (Å²) in [7, 11) is 1.93. The smallest absolute Gasteiger partial charge is 0.225 e. The predicted molar refractivity (Wildman–Crippen MR) is 140 cm³/mol. The SMILES string of the molecule is Cc1cccc([C@H](C)Nc2nc(C)nc3ccc(C4CCC(C(=O)N(C)C5COC5)CC4)cc23)c1. The van der Waals surface area contributed by atoms with Crippen LogP contribution in [0.1, 0.15) is 67.1 Å². The van der Waals surface area contributed by atoms with E-state index in [-0.39, 0.29) is 23.9 Å². The Morgan fingerprint density at radius 2 is 1.83 bits per heavy atom. The number of nitrogens with one attached hydrogen (secondary N) is 1. The lowest BCUT2D eigenvalue weighted by molar-refractivity contribution is -0.147. The van der Waals surface area contributed by atoms with Crippen molar-refractivity contribution in [3.05, 3.63) is 65.0 Å². The Labute approximate surface area is 208 Å².